The number of sulfonamides is 1. The van der Waals surface area contributed by atoms with Crippen LogP contribution in [0.5, 0.6) is 0 Å². The summed E-state index contributed by atoms with van der Waals surface area (Å²) < 4.78 is 25.4. The summed E-state index contributed by atoms with van der Waals surface area (Å²) >= 11 is 0. The highest BCUT2D eigenvalue weighted by Gasteiger charge is 2.19. The average molecular weight is 258 g/mol. The zero-order valence-electron chi connectivity index (χ0n) is 8.09. The van der Waals surface area contributed by atoms with Crippen molar-refractivity contribution >= 4 is 16.0 Å². The summed E-state index contributed by atoms with van der Waals surface area (Å²) in [6.45, 7) is 0. The first-order valence-corrected chi connectivity index (χ1v) is 5.67. The summed E-state index contributed by atoms with van der Waals surface area (Å²) in [5, 5.41) is 5.69. The van der Waals surface area contributed by atoms with Crippen molar-refractivity contribution in [2.45, 2.75) is 4.90 Å². The van der Waals surface area contributed by atoms with Gasteiger partial charge in [-0.05, 0) is 0 Å². The summed E-state index contributed by atoms with van der Waals surface area (Å²) in [5.41, 5.74) is -1.82. The van der Waals surface area contributed by atoms with Gasteiger partial charge in [0.2, 0.25) is 5.95 Å². The van der Waals surface area contributed by atoms with Gasteiger partial charge >= 0.3 is 5.69 Å². The van der Waals surface area contributed by atoms with Crippen molar-refractivity contribution in [3.8, 4) is 0 Å². The topological polar surface area (TPSA) is 153 Å². The summed E-state index contributed by atoms with van der Waals surface area (Å²) in [6, 6.07) is 0. The smallest absolute Gasteiger partial charge is 0.313 e. The standard InChI is InChI=1S/C6H6N6O4S/c13-4-3(1-7-6(14)10-4)17(15,16)12-5-8-2-9-11-5/h1-2H,(H2,7,10,13,14)(H2,8,9,11,12). The molecular formula is C6H6N6O4S. The number of anilines is 1. The minimum atomic E-state index is -4.13. The fraction of sp³-hybridized carbons (Fsp3) is 0. The Morgan fingerprint density at radius 3 is 2.65 bits per heavy atom. The number of aromatic amines is 3. The van der Waals surface area contributed by atoms with Gasteiger partial charge in [0.15, 0.2) is 4.90 Å². The Balaban J connectivity index is 2.45. The molecule has 2 aromatic heterocycles. The number of hydrogen-bond donors (Lipinski definition) is 4. The fourth-order valence-electron chi connectivity index (χ4n) is 1.03. The Morgan fingerprint density at radius 2 is 2.06 bits per heavy atom. The number of aromatic nitrogens is 5. The molecule has 10 nitrogen and oxygen atoms in total. The molecule has 0 radical (unpaired) electrons. The van der Waals surface area contributed by atoms with Crippen molar-refractivity contribution < 1.29 is 8.42 Å². The minimum Gasteiger partial charge on any atom is -0.313 e. The predicted molar refractivity (Wildman–Crippen MR) is 54.9 cm³/mol. The monoisotopic (exact) mass is 258 g/mol. The Kier molecular flexibility index (Phi) is 2.51. The van der Waals surface area contributed by atoms with E-state index < -0.39 is 26.2 Å². The summed E-state index contributed by atoms with van der Waals surface area (Å²) in [4.78, 5) is 28.8. The van der Waals surface area contributed by atoms with Gasteiger partial charge in [-0.1, -0.05) is 0 Å². The third-order valence-corrected chi connectivity index (χ3v) is 3.07. The van der Waals surface area contributed by atoms with E-state index in [2.05, 4.69) is 15.2 Å². The first-order chi connectivity index (χ1) is 7.99. The second-order valence-corrected chi connectivity index (χ2v) is 4.53. The Labute approximate surface area is 93.2 Å². The van der Waals surface area contributed by atoms with Crippen LogP contribution in [0.4, 0.5) is 5.95 Å². The van der Waals surface area contributed by atoms with E-state index in [0.717, 1.165) is 12.5 Å². The summed E-state index contributed by atoms with van der Waals surface area (Å²) in [6.07, 6.45) is 1.88. The molecule has 0 aliphatic heterocycles. The van der Waals surface area contributed by atoms with Crippen LogP contribution in [-0.2, 0) is 10.0 Å². The average Bonchev–Trinajstić information content (AvgIpc) is 2.68. The van der Waals surface area contributed by atoms with Crippen molar-refractivity contribution in [1.29, 1.82) is 0 Å². The van der Waals surface area contributed by atoms with Crippen LogP contribution in [0.3, 0.4) is 0 Å². The Bertz CT molecular complexity index is 726. The van der Waals surface area contributed by atoms with Crippen molar-refractivity contribution in [2.75, 3.05) is 4.72 Å². The van der Waals surface area contributed by atoms with E-state index in [1.807, 2.05) is 9.71 Å². The molecule has 11 heteroatoms. The number of hydrogen-bond acceptors (Lipinski definition) is 6. The first-order valence-electron chi connectivity index (χ1n) is 4.19. The van der Waals surface area contributed by atoms with Crippen LogP contribution >= 0.6 is 0 Å². The molecule has 0 bridgehead atoms. The molecule has 4 N–H and O–H groups in total. The van der Waals surface area contributed by atoms with Crippen LogP contribution in [0, 0.1) is 0 Å². The summed E-state index contributed by atoms with van der Waals surface area (Å²) in [5.74, 6) is -0.143. The lowest BCUT2D eigenvalue weighted by molar-refractivity contribution is 0.598. The van der Waals surface area contributed by atoms with E-state index in [-0.39, 0.29) is 5.95 Å². The van der Waals surface area contributed by atoms with Gasteiger partial charge in [0.25, 0.3) is 15.6 Å². The van der Waals surface area contributed by atoms with Crippen molar-refractivity contribution in [3.05, 3.63) is 33.4 Å². The van der Waals surface area contributed by atoms with E-state index in [1.54, 1.807) is 4.98 Å². The van der Waals surface area contributed by atoms with Gasteiger partial charge in [0.1, 0.15) is 6.33 Å². The van der Waals surface area contributed by atoms with Gasteiger partial charge in [-0.2, -0.15) is 10.1 Å². The molecule has 0 aliphatic carbocycles. The lowest BCUT2D eigenvalue weighted by atomic mass is 10.7. The third kappa shape index (κ3) is 2.23. The molecule has 0 spiro atoms. The number of nitrogens with zero attached hydrogens (tertiary/aromatic N) is 2. The third-order valence-electron chi connectivity index (χ3n) is 1.72. The molecule has 2 rings (SSSR count). The Morgan fingerprint density at radius 1 is 1.29 bits per heavy atom. The number of nitrogens with one attached hydrogen (secondary N) is 4. The fourth-order valence-corrected chi connectivity index (χ4v) is 2.01. The number of rotatable bonds is 3. The first kappa shape index (κ1) is 11.1. The highest BCUT2D eigenvalue weighted by Crippen LogP contribution is 2.05. The van der Waals surface area contributed by atoms with Crippen molar-refractivity contribution in [3.63, 3.8) is 0 Å². The van der Waals surface area contributed by atoms with Crippen LogP contribution in [0.15, 0.2) is 27.0 Å². The molecule has 0 saturated heterocycles. The highest BCUT2D eigenvalue weighted by molar-refractivity contribution is 7.92. The molecule has 0 fully saturated rings. The second kappa shape index (κ2) is 3.86. The van der Waals surface area contributed by atoms with Gasteiger partial charge in [-0.15, -0.1) is 0 Å². The van der Waals surface area contributed by atoms with Gasteiger partial charge in [0, 0.05) is 6.20 Å². The molecule has 2 aromatic rings. The molecule has 0 aromatic carbocycles. The van der Waals surface area contributed by atoms with E-state index in [4.69, 9.17) is 0 Å². The van der Waals surface area contributed by atoms with E-state index in [0.29, 0.717) is 0 Å². The van der Waals surface area contributed by atoms with E-state index in [1.165, 1.54) is 0 Å². The van der Waals surface area contributed by atoms with E-state index >= 15 is 0 Å². The molecule has 0 unspecified atom stereocenters. The zero-order chi connectivity index (χ0) is 12.5. The van der Waals surface area contributed by atoms with Crippen LogP contribution in [0.1, 0.15) is 0 Å². The van der Waals surface area contributed by atoms with Crippen LogP contribution in [0.25, 0.3) is 0 Å². The van der Waals surface area contributed by atoms with Crippen LogP contribution in [-0.4, -0.2) is 33.6 Å². The molecule has 17 heavy (non-hydrogen) atoms. The van der Waals surface area contributed by atoms with Crippen molar-refractivity contribution in [1.82, 2.24) is 25.1 Å². The lowest BCUT2D eigenvalue weighted by Gasteiger charge is -2.02. The molecule has 0 aliphatic rings. The zero-order valence-corrected chi connectivity index (χ0v) is 8.91. The largest absolute Gasteiger partial charge is 0.325 e. The maximum absolute atomic E-state index is 11.7. The molecule has 0 saturated carbocycles. The maximum atomic E-state index is 11.7. The van der Waals surface area contributed by atoms with Gasteiger partial charge < -0.3 is 4.98 Å². The molecule has 90 valence electrons. The Hall–Kier alpha value is -2.43. The molecular weight excluding hydrogens is 252 g/mol. The lowest BCUT2D eigenvalue weighted by Crippen LogP contribution is -2.29. The van der Waals surface area contributed by atoms with Gasteiger partial charge in [-0.25, -0.2) is 23.0 Å². The normalized spacial score (nSPS) is 11.3. The van der Waals surface area contributed by atoms with E-state index in [9.17, 15) is 18.0 Å². The van der Waals surface area contributed by atoms with Crippen LogP contribution < -0.4 is 16.0 Å². The highest BCUT2D eigenvalue weighted by atomic mass is 32.2. The molecule has 0 amide bonds. The second-order valence-electron chi connectivity index (χ2n) is 2.88. The SMILES string of the molecule is O=c1[nH]cc(S(=O)(=O)Nc2ncn[nH]2)c(=O)[nH]1. The molecule has 2 heterocycles. The van der Waals surface area contributed by atoms with Crippen molar-refractivity contribution in [2.24, 2.45) is 0 Å². The minimum absolute atomic E-state index is 0.143. The quantitative estimate of drug-likeness (QED) is 0.498. The summed E-state index contributed by atoms with van der Waals surface area (Å²) in [7, 11) is -4.13. The predicted octanol–water partition coefficient (Wildman–Crippen LogP) is -2.02. The molecule has 0 atom stereocenters. The van der Waals surface area contributed by atoms with Gasteiger partial charge in [-0.3, -0.25) is 9.78 Å². The van der Waals surface area contributed by atoms with Crippen LogP contribution in [0.2, 0.25) is 0 Å². The van der Waals surface area contributed by atoms with Gasteiger partial charge in [0.05, 0.1) is 0 Å². The number of H-pyrrole nitrogens is 3. The maximum Gasteiger partial charge on any atom is 0.325 e.